The van der Waals surface area contributed by atoms with E-state index in [1.165, 1.54) is 10.4 Å². The van der Waals surface area contributed by atoms with Crippen molar-refractivity contribution in [3.8, 4) is 0 Å². The molecule has 2 unspecified atom stereocenters. The summed E-state index contributed by atoms with van der Waals surface area (Å²) in [5, 5.41) is 0. The highest BCUT2D eigenvalue weighted by atomic mass is 32.2. The van der Waals surface area contributed by atoms with Gasteiger partial charge >= 0.3 is 0 Å². The molecule has 7 heteroatoms. The van der Waals surface area contributed by atoms with E-state index in [0.29, 0.717) is 19.7 Å². The molecule has 2 atom stereocenters. The van der Waals surface area contributed by atoms with Crippen LogP contribution in [0, 0.1) is 0 Å². The molecular formula is C11H18N2O4S. The number of hydrogen-bond acceptors (Lipinski definition) is 5. The number of piperidine rings is 1. The zero-order valence-electron chi connectivity index (χ0n) is 10.2. The molecule has 0 amide bonds. The lowest BCUT2D eigenvalue weighted by molar-refractivity contribution is 0.126. The van der Waals surface area contributed by atoms with E-state index in [0.717, 1.165) is 25.7 Å². The largest absolute Gasteiger partial charge is 0.377 e. The van der Waals surface area contributed by atoms with E-state index in [1.54, 1.807) is 0 Å². The lowest BCUT2D eigenvalue weighted by Gasteiger charge is -2.30. The second-order valence-electron chi connectivity index (χ2n) is 4.79. The van der Waals surface area contributed by atoms with Crippen LogP contribution in [0.5, 0.6) is 0 Å². The van der Waals surface area contributed by atoms with E-state index in [-0.39, 0.29) is 17.9 Å². The number of rotatable bonds is 4. The minimum Gasteiger partial charge on any atom is -0.377 e. The van der Waals surface area contributed by atoms with Gasteiger partial charge < -0.3 is 4.74 Å². The third-order valence-electron chi connectivity index (χ3n) is 3.41. The van der Waals surface area contributed by atoms with Crippen LogP contribution < -0.4 is 0 Å². The van der Waals surface area contributed by atoms with Gasteiger partial charge in [-0.25, -0.2) is 18.2 Å². The van der Waals surface area contributed by atoms with Crippen LogP contribution in [-0.2, 0) is 19.6 Å². The van der Waals surface area contributed by atoms with E-state index >= 15 is 0 Å². The minimum absolute atomic E-state index is 0.0462. The van der Waals surface area contributed by atoms with Crippen molar-refractivity contribution < 1.29 is 17.9 Å². The highest BCUT2D eigenvalue weighted by molar-refractivity contribution is 7.89. The molecule has 2 rings (SSSR count). The van der Waals surface area contributed by atoms with Gasteiger partial charge in [-0.15, -0.1) is 0 Å². The van der Waals surface area contributed by atoms with E-state index in [2.05, 4.69) is 4.99 Å². The van der Waals surface area contributed by atoms with E-state index in [4.69, 9.17) is 4.74 Å². The molecule has 0 radical (unpaired) electrons. The van der Waals surface area contributed by atoms with Gasteiger partial charge in [0.1, 0.15) is 0 Å². The van der Waals surface area contributed by atoms with Crippen molar-refractivity contribution in [3.63, 3.8) is 0 Å². The smallest absolute Gasteiger partial charge is 0.235 e. The average Bonchev–Trinajstić information content (AvgIpc) is 2.82. The van der Waals surface area contributed by atoms with E-state index in [9.17, 15) is 13.2 Å². The summed E-state index contributed by atoms with van der Waals surface area (Å²) in [6.07, 6.45) is 4.56. The van der Waals surface area contributed by atoms with Crippen LogP contribution in [0.2, 0.25) is 0 Å². The summed E-state index contributed by atoms with van der Waals surface area (Å²) in [4.78, 5) is 13.9. The molecule has 0 N–H and O–H groups in total. The highest BCUT2D eigenvalue weighted by Gasteiger charge is 2.32. The maximum atomic E-state index is 12.2. The number of sulfonamides is 1. The van der Waals surface area contributed by atoms with Crippen LogP contribution in [0.15, 0.2) is 4.99 Å². The van der Waals surface area contributed by atoms with E-state index in [1.807, 2.05) is 0 Å². The quantitative estimate of drug-likeness (QED) is 0.545. The van der Waals surface area contributed by atoms with Gasteiger partial charge in [0.25, 0.3) is 0 Å². The predicted molar refractivity (Wildman–Crippen MR) is 65.5 cm³/mol. The summed E-state index contributed by atoms with van der Waals surface area (Å²) in [7, 11) is -3.30. The molecule has 0 aliphatic carbocycles. The van der Waals surface area contributed by atoms with Gasteiger partial charge in [0.2, 0.25) is 16.1 Å². The second kappa shape index (κ2) is 5.93. The Morgan fingerprint density at radius 3 is 2.83 bits per heavy atom. The molecule has 18 heavy (non-hydrogen) atoms. The van der Waals surface area contributed by atoms with Crippen LogP contribution in [-0.4, -0.2) is 56.4 Å². The number of aliphatic imine (C=N–C) groups is 1. The number of ether oxygens (including phenoxy) is 1. The number of nitrogens with zero attached hydrogens (tertiary/aromatic N) is 2. The lowest BCUT2D eigenvalue weighted by Crippen LogP contribution is -2.44. The normalized spacial score (nSPS) is 30.0. The molecule has 0 aromatic carbocycles. The van der Waals surface area contributed by atoms with Crippen LogP contribution in [0.25, 0.3) is 0 Å². The first-order valence-corrected chi connectivity index (χ1v) is 7.89. The van der Waals surface area contributed by atoms with Crippen LogP contribution >= 0.6 is 0 Å². The highest BCUT2D eigenvalue weighted by Crippen LogP contribution is 2.20. The Balaban J connectivity index is 1.97. The molecule has 2 aliphatic rings. The minimum atomic E-state index is -3.30. The maximum absolute atomic E-state index is 12.2. The molecule has 6 nitrogen and oxygen atoms in total. The molecule has 2 heterocycles. The zero-order valence-corrected chi connectivity index (χ0v) is 11.1. The van der Waals surface area contributed by atoms with Gasteiger partial charge in [-0.05, 0) is 25.7 Å². The van der Waals surface area contributed by atoms with Gasteiger partial charge in [0, 0.05) is 19.7 Å². The molecule has 0 aromatic heterocycles. The standard InChI is InChI=1S/C11H18N2O4S/c14-9-12-10-3-1-5-13(7-10)18(15,16)8-11-4-2-6-17-11/h10-11H,1-8H2. The third-order valence-corrected chi connectivity index (χ3v) is 5.32. The predicted octanol–water partition coefficient (Wildman–Crippen LogP) is 0.295. The average molecular weight is 274 g/mol. The van der Waals surface area contributed by atoms with Gasteiger partial charge in [-0.3, -0.25) is 0 Å². The Hall–Kier alpha value is -0.750. The zero-order chi connectivity index (χ0) is 13.0. The van der Waals surface area contributed by atoms with Gasteiger partial charge in [0.05, 0.1) is 17.9 Å². The SMILES string of the molecule is O=C=NC1CCCN(S(=O)(=O)CC2CCCO2)C1. The fourth-order valence-electron chi connectivity index (χ4n) is 2.47. The number of hydrogen-bond donors (Lipinski definition) is 0. The van der Waals surface area contributed by atoms with Crippen molar-refractivity contribution in [2.45, 2.75) is 37.8 Å². The first-order chi connectivity index (χ1) is 8.62. The monoisotopic (exact) mass is 274 g/mol. The van der Waals surface area contributed by atoms with Crippen LogP contribution in [0.1, 0.15) is 25.7 Å². The molecule has 0 bridgehead atoms. The molecular weight excluding hydrogens is 256 g/mol. The molecule has 0 spiro atoms. The molecule has 0 aromatic rings. The summed E-state index contributed by atoms with van der Waals surface area (Å²) < 4.78 is 31.2. The van der Waals surface area contributed by atoms with Gasteiger partial charge in [-0.2, -0.15) is 4.31 Å². The van der Waals surface area contributed by atoms with Crippen molar-refractivity contribution in [1.82, 2.24) is 4.31 Å². The van der Waals surface area contributed by atoms with Crippen molar-refractivity contribution >= 4 is 16.1 Å². The van der Waals surface area contributed by atoms with E-state index < -0.39 is 10.0 Å². The molecule has 0 saturated carbocycles. The topological polar surface area (TPSA) is 76.0 Å². The summed E-state index contributed by atoms with van der Waals surface area (Å²) in [5.74, 6) is 0.0462. The number of carbonyl (C=O) groups excluding carboxylic acids is 1. The summed E-state index contributed by atoms with van der Waals surface area (Å²) >= 11 is 0. The van der Waals surface area contributed by atoms with Crippen molar-refractivity contribution in [3.05, 3.63) is 0 Å². The first kappa shape index (κ1) is 13.7. The first-order valence-electron chi connectivity index (χ1n) is 6.28. The second-order valence-corrected chi connectivity index (χ2v) is 6.80. The summed E-state index contributed by atoms with van der Waals surface area (Å²) in [6.45, 7) is 1.46. The molecule has 102 valence electrons. The number of isocyanates is 1. The lowest BCUT2D eigenvalue weighted by atomic mass is 10.1. The summed E-state index contributed by atoms with van der Waals surface area (Å²) in [5.41, 5.74) is 0. The molecule has 2 saturated heterocycles. The van der Waals surface area contributed by atoms with Crippen molar-refractivity contribution in [2.24, 2.45) is 4.99 Å². The van der Waals surface area contributed by atoms with Gasteiger partial charge in [-0.1, -0.05) is 0 Å². The molecule has 2 fully saturated rings. The Morgan fingerprint density at radius 2 is 2.17 bits per heavy atom. The maximum Gasteiger partial charge on any atom is 0.235 e. The van der Waals surface area contributed by atoms with Crippen LogP contribution in [0.4, 0.5) is 0 Å². The van der Waals surface area contributed by atoms with Crippen LogP contribution in [0.3, 0.4) is 0 Å². The molecule has 2 aliphatic heterocycles. The third kappa shape index (κ3) is 3.38. The Kier molecular flexibility index (Phi) is 4.50. The Labute approximate surface area is 107 Å². The Bertz CT molecular complexity index is 424. The fraction of sp³-hybridized carbons (Fsp3) is 0.909. The fourth-order valence-corrected chi connectivity index (χ4v) is 4.22. The Morgan fingerprint density at radius 1 is 1.33 bits per heavy atom. The van der Waals surface area contributed by atoms with Gasteiger partial charge in [0.15, 0.2) is 0 Å². The van der Waals surface area contributed by atoms with Crippen molar-refractivity contribution in [2.75, 3.05) is 25.4 Å². The van der Waals surface area contributed by atoms with Crippen molar-refractivity contribution in [1.29, 1.82) is 0 Å². The summed E-state index contributed by atoms with van der Waals surface area (Å²) in [6, 6.07) is -0.240.